The van der Waals surface area contributed by atoms with E-state index in [1.165, 1.54) is 0 Å². The minimum absolute atomic E-state index is 0.560. The van der Waals surface area contributed by atoms with Crippen LogP contribution in [0.3, 0.4) is 0 Å². The average molecular weight is 363 g/mol. The van der Waals surface area contributed by atoms with E-state index in [0.717, 1.165) is 17.0 Å². The number of aliphatic hydroxyl groups excluding tert-OH is 1. The highest BCUT2D eigenvalue weighted by atomic mass is 16.3. The number of aryl methyl sites for hydroxylation is 3. The predicted octanol–water partition coefficient (Wildman–Crippen LogP) is 1.60. The fraction of sp³-hybridized carbons (Fsp3) is 0.368. The molecule has 0 saturated heterocycles. The third-order valence-electron chi connectivity index (χ3n) is 4.94. The Balaban J connectivity index is 1.65. The molecule has 8 heteroatoms. The van der Waals surface area contributed by atoms with Gasteiger partial charge in [0.05, 0.1) is 30.0 Å². The molecule has 0 fully saturated rings. The predicted molar refractivity (Wildman–Crippen MR) is 99.0 cm³/mol. The van der Waals surface area contributed by atoms with E-state index in [4.69, 9.17) is 0 Å². The number of nitrogens with zero attached hydrogens (tertiary/aromatic N) is 7. The summed E-state index contributed by atoms with van der Waals surface area (Å²) in [6.45, 7) is 5.84. The van der Waals surface area contributed by atoms with Crippen LogP contribution in [0.4, 0.5) is 5.82 Å². The van der Waals surface area contributed by atoms with Crippen LogP contribution in [-0.4, -0.2) is 36.0 Å². The Bertz CT molecular complexity index is 1040. The number of fused-ring (bicyclic) bond motifs is 1. The van der Waals surface area contributed by atoms with Gasteiger partial charge in [0.1, 0.15) is 17.7 Å². The van der Waals surface area contributed by atoms with E-state index in [0.29, 0.717) is 42.5 Å². The van der Waals surface area contributed by atoms with Crippen LogP contribution in [0.25, 0.3) is 0 Å². The highest BCUT2D eigenvalue weighted by Gasteiger charge is 2.26. The zero-order valence-corrected chi connectivity index (χ0v) is 15.6. The van der Waals surface area contributed by atoms with E-state index in [2.05, 4.69) is 26.0 Å². The van der Waals surface area contributed by atoms with Crippen LogP contribution in [0.15, 0.2) is 24.5 Å². The molecule has 8 nitrogen and oxygen atoms in total. The highest BCUT2D eigenvalue weighted by molar-refractivity contribution is 5.58. The third-order valence-corrected chi connectivity index (χ3v) is 4.94. The zero-order valence-electron chi connectivity index (χ0n) is 15.6. The summed E-state index contributed by atoms with van der Waals surface area (Å²) >= 11 is 0. The molecule has 3 aromatic rings. The molecule has 0 bridgehead atoms. The second-order valence-corrected chi connectivity index (χ2v) is 6.90. The van der Waals surface area contributed by atoms with E-state index in [1.54, 1.807) is 17.0 Å². The first kappa shape index (κ1) is 17.2. The SMILES string of the molecule is Cc1cc(C)c(C#N)c(N2CCn3nc(C(O)c4nccn4C)cc3C2)n1. The highest BCUT2D eigenvalue weighted by Crippen LogP contribution is 2.27. The maximum absolute atomic E-state index is 10.6. The summed E-state index contributed by atoms with van der Waals surface area (Å²) in [4.78, 5) is 10.9. The van der Waals surface area contributed by atoms with Gasteiger partial charge in [0.15, 0.2) is 6.10 Å². The molecule has 0 amide bonds. The van der Waals surface area contributed by atoms with Crippen LogP contribution in [0.2, 0.25) is 0 Å². The topological polar surface area (TPSA) is 95.8 Å². The summed E-state index contributed by atoms with van der Waals surface area (Å²) < 4.78 is 3.70. The largest absolute Gasteiger partial charge is 0.379 e. The number of rotatable bonds is 3. The minimum Gasteiger partial charge on any atom is -0.379 e. The summed E-state index contributed by atoms with van der Waals surface area (Å²) in [5, 5.41) is 24.7. The van der Waals surface area contributed by atoms with Gasteiger partial charge < -0.3 is 14.6 Å². The van der Waals surface area contributed by atoms with Crippen LogP contribution >= 0.6 is 0 Å². The average Bonchev–Trinajstić information content (AvgIpc) is 3.25. The van der Waals surface area contributed by atoms with Crippen LogP contribution in [0.5, 0.6) is 0 Å². The molecule has 0 aromatic carbocycles. The smallest absolute Gasteiger partial charge is 0.155 e. The maximum Gasteiger partial charge on any atom is 0.155 e. The molecular weight excluding hydrogens is 342 g/mol. The fourth-order valence-corrected chi connectivity index (χ4v) is 3.56. The van der Waals surface area contributed by atoms with Crippen molar-refractivity contribution in [2.75, 3.05) is 11.4 Å². The fourth-order valence-electron chi connectivity index (χ4n) is 3.56. The first-order chi connectivity index (χ1) is 13.0. The molecular formula is C19H21N7O. The van der Waals surface area contributed by atoms with E-state index in [-0.39, 0.29) is 0 Å². The number of anilines is 1. The Morgan fingerprint density at radius 1 is 1.26 bits per heavy atom. The molecule has 4 rings (SSSR count). The van der Waals surface area contributed by atoms with Gasteiger partial charge in [0.25, 0.3) is 0 Å². The lowest BCUT2D eigenvalue weighted by Crippen LogP contribution is -2.35. The van der Waals surface area contributed by atoms with Gasteiger partial charge >= 0.3 is 0 Å². The molecule has 1 atom stereocenters. The lowest BCUT2D eigenvalue weighted by atomic mass is 10.1. The Labute approximate surface area is 157 Å². The van der Waals surface area contributed by atoms with Crippen LogP contribution in [-0.2, 0) is 20.1 Å². The van der Waals surface area contributed by atoms with E-state index in [9.17, 15) is 10.4 Å². The molecule has 1 aliphatic heterocycles. The van der Waals surface area contributed by atoms with Crippen molar-refractivity contribution in [3.05, 3.63) is 58.6 Å². The maximum atomic E-state index is 10.6. The summed E-state index contributed by atoms with van der Waals surface area (Å²) in [5.74, 6) is 1.28. The summed E-state index contributed by atoms with van der Waals surface area (Å²) in [7, 11) is 1.85. The third kappa shape index (κ3) is 2.96. The Morgan fingerprint density at radius 3 is 2.78 bits per heavy atom. The Kier molecular flexibility index (Phi) is 4.16. The monoisotopic (exact) mass is 363 g/mol. The number of hydrogen-bond acceptors (Lipinski definition) is 6. The molecule has 27 heavy (non-hydrogen) atoms. The van der Waals surface area contributed by atoms with Gasteiger partial charge in [-0.2, -0.15) is 10.4 Å². The van der Waals surface area contributed by atoms with Crippen molar-refractivity contribution in [2.24, 2.45) is 7.05 Å². The van der Waals surface area contributed by atoms with Gasteiger partial charge in [-0.25, -0.2) is 9.97 Å². The standard InChI is InChI=1S/C19H21N7O/c1-12-8-13(2)22-18(15(12)10-20)25-6-7-26-14(11-25)9-16(23-26)17(27)19-21-4-5-24(19)3/h4-5,8-9,17,27H,6-7,11H2,1-3H3. The number of aliphatic hydroxyl groups is 1. The van der Waals surface area contributed by atoms with Gasteiger partial charge in [0.2, 0.25) is 0 Å². The number of aromatic nitrogens is 5. The lowest BCUT2D eigenvalue weighted by molar-refractivity contribution is 0.200. The Hall–Kier alpha value is -3.18. The van der Waals surface area contributed by atoms with Crippen LogP contribution in [0.1, 0.15) is 40.1 Å². The van der Waals surface area contributed by atoms with Crippen LogP contribution < -0.4 is 4.90 Å². The second kappa shape index (κ2) is 6.52. The first-order valence-corrected chi connectivity index (χ1v) is 8.83. The number of imidazole rings is 1. The summed E-state index contributed by atoms with van der Waals surface area (Å²) in [6.07, 6.45) is 2.59. The molecule has 3 aromatic heterocycles. The van der Waals surface area contributed by atoms with Gasteiger partial charge in [-0.05, 0) is 31.5 Å². The number of pyridine rings is 1. The number of hydrogen-bond donors (Lipinski definition) is 1. The molecule has 138 valence electrons. The lowest BCUT2D eigenvalue weighted by Gasteiger charge is -2.29. The molecule has 0 spiro atoms. The van der Waals surface area contributed by atoms with Crippen molar-refractivity contribution in [3.8, 4) is 6.07 Å². The van der Waals surface area contributed by atoms with Gasteiger partial charge in [-0.1, -0.05) is 0 Å². The van der Waals surface area contributed by atoms with Gasteiger partial charge in [-0.15, -0.1) is 0 Å². The van der Waals surface area contributed by atoms with E-state index in [1.807, 2.05) is 37.7 Å². The zero-order chi connectivity index (χ0) is 19.1. The first-order valence-electron chi connectivity index (χ1n) is 8.83. The van der Waals surface area contributed by atoms with Crippen molar-refractivity contribution < 1.29 is 5.11 Å². The van der Waals surface area contributed by atoms with Crippen molar-refractivity contribution in [1.29, 1.82) is 5.26 Å². The van der Waals surface area contributed by atoms with Gasteiger partial charge in [-0.3, -0.25) is 4.68 Å². The summed E-state index contributed by atoms with van der Waals surface area (Å²) in [5.41, 5.74) is 4.00. The molecule has 0 radical (unpaired) electrons. The van der Waals surface area contributed by atoms with Crippen molar-refractivity contribution >= 4 is 5.82 Å². The molecule has 4 heterocycles. The molecule has 0 saturated carbocycles. The molecule has 1 N–H and O–H groups in total. The molecule has 1 aliphatic rings. The summed E-state index contributed by atoms with van der Waals surface area (Å²) in [6, 6.07) is 6.11. The minimum atomic E-state index is -0.870. The molecule has 0 aliphatic carbocycles. The van der Waals surface area contributed by atoms with Crippen molar-refractivity contribution in [3.63, 3.8) is 0 Å². The normalized spacial score (nSPS) is 14.7. The van der Waals surface area contributed by atoms with Crippen molar-refractivity contribution in [1.82, 2.24) is 24.3 Å². The van der Waals surface area contributed by atoms with Crippen molar-refractivity contribution in [2.45, 2.75) is 33.0 Å². The Morgan fingerprint density at radius 2 is 2.07 bits per heavy atom. The van der Waals surface area contributed by atoms with E-state index < -0.39 is 6.10 Å². The number of nitriles is 1. The second-order valence-electron chi connectivity index (χ2n) is 6.90. The quantitative estimate of drug-likeness (QED) is 0.759. The van der Waals surface area contributed by atoms with Gasteiger partial charge in [0, 0.05) is 31.7 Å². The molecule has 1 unspecified atom stereocenters. The van der Waals surface area contributed by atoms with Crippen LogP contribution in [0, 0.1) is 25.2 Å². The van der Waals surface area contributed by atoms with E-state index >= 15 is 0 Å².